The van der Waals surface area contributed by atoms with Crippen LogP contribution in [-0.4, -0.2) is 5.16 Å². The van der Waals surface area contributed by atoms with Gasteiger partial charge in [-0.3, -0.25) is 0 Å². The van der Waals surface area contributed by atoms with Gasteiger partial charge in [0.1, 0.15) is 0 Å². The average Bonchev–Trinajstić information content (AvgIpc) is 2.17. The van der Waals surface area contributed by atoms with E-state index >= 15 is 0 Å². The summed E-state index contributed by atoms with van der Waals surface area (Å²) in [5.41, 5.74) is 0.920. The van der Waals surface area contributed by atoms with Crippen LogP contribution in [-0.2, 0) is 0 Å². The largest absolute Gasteiger partial charge is 0.357 e. The molecule has 0 aliphatic rings. The Kier molecular flexibility index (Phi) is 1.68. The minimum atomic E-state index is 0.815. The maximum Gasteiger partial charge on any atom is 0.159 e. The van der Waals surface area contributed by atoms with Gasteiger partial charge in [-0.2, -0.15) is 0 Å². The van der Waals surface area contributed by atoms with E-state index in [0.717, 1.165) is 11.5 Å². The molecule has 48 valence electrons. The third-order valence-corrected chi connectivity index (χ3v) is 0.977. The molecule has 9 heavy (non-hydrogen) atoms. The van der Waals surface area contributed by atoms with Crippen molar-refractivity contribution in [2.45, 2.75) is 13.8 Å². The molecule has 0 fully saturated rings. The quantitative estimate of drug-likeness (QED) is 0.571. The molecule has 1 heterocycles. The Morgan fingerprint density at radius 1 is 1.67 bits per heavy atom. The molecule has 0 N–H and O–H groups in total. The Morgan fingerprint density at radius 3 is 2.89 bits per heavy atom. The Morgan fingerprint density at radius 2 is 2.44 bits per heavy atom. The second kappa shape index (κ2) is 2.49. The Balaban J connectivity index is 2.85. The number of hydrogen-bond donors (Lipinski definition) is 0. The predicted molar refractivity (Wildman–Crippen MR) is 35.9 cm³/mol. The second-order valence-corrected chi connectivity index (χ2v) is 1.87. The maximum atomic E-state index is 4.87. The molecule has 1 rings (SSSR count). The van der Waals surface area contributed by atoms with E-state index in [-0.39, 0.29) is 0 Å². The summed E-state index contributed by atoms with van der Waals surface area (Å²) in [5.74, 6) is 0.815. The zero-order valence-corrected chi connectivity index (χ0v) is 5.59. The standard InChI is InChI=1S/C7H9NO/c1-3-4-7-5-6(2)8-9-7/h3-5H,1-2H3. The monoisotopic (exact) mass is 123 g/mol. The highest BCUT2D eigenvalue weighted by Crippen LogP contribution is 2.02. The molecule has 0 saturated heterocycles. The van der Waals surface area contributed by atoms with Crippen LogP contribution < -0.4 is 0 Å². The lowest BCUT2D eigenvalue weighted by Gasteiger charge is -1.73. The molecule has 0 aliphatic carbocycles. The van der Waals surface area contributed by atoms with Crippen molar-refractivity contribution in [3.05, 3.63) is 23.6 Å². The molecule has 0 aliphatic heterocycles. The van der Waals surface area contributed by atoms with Gasteiger partial charge < -0.3 is 4.52 Å². The number of aryl methyl sites for hydroxylation is 1. The fraction of sp³-hybridized carbons (Fsp3) is 0.286. The summed E-state index contributed by atoms with van der Waals surface area (Å²) in [6.45, 7) is 3.84. The van der Waals surface area contributed by atoms with Crippen LogP contribution >= 0.6 is 0 Å². The first kappa shape index (κ1) is 6.08. The molecule has 0 unspecified atom stereocenters. The highest BCUT2D eigenvalue weighted by atomic mass is 16.5. The minimum Gasteiger partial charge on any atom is -0.357 e. The van der Waals surface area contributed by atoms with E-state index < -0.39 is 0 Å². The van der Waals surface area contributed by atoms with Crippen LogP contribution in [0.1, 0.15) is 18.4 Å². The van der Waals surface area contributed by atoms with Crippen molar-refractivity contribution in [2.75, 3.05) is 0 Å². The van der Waals surface area contributed by atoms with Gasteiger partial charge in [0.25, 0.3) is 0 Å². The van der Waals surface area contributed by atoms with E-state index in [2.05, 4.69) is 5.16 Å². The number of allylic oxidation sites excluding steroid dienone is 1. The average molecular weight is 123 g/mol. The molecule has 0 atom stereocenters. The summed E-state index contributed by atoms with van der Waals surface area (Å²) in [4.78, 5) is 0. The van der Waals surface area contributed by atoms with Crippen LogP contribution in [0.5, 0.6) is 0 Å². The van der Waals surface area contributed by atoms with Gasteiger partial charge in [0.15, 0.2) is 5.76 Å². The number of rotatable bonds is 1. The summed E-state index contributed by atoms with van der Waals surface area (Å²) in [5, 5.41) is 3.71. The van der Waals surface area contributed by atoms with Crippen molar-refractivity contribution in [2.24, 2.45) is 0 Å². The van der Waals surface area contributed by atoms with Gasteiger partial charge in [0, 0.05) is 6.07 Å². The van der Waals surface area contributed by atoms with Crippen LogP contribution in [0.25, 0.3) is 6.08 Å². The normalized spacial score (nSPS) is 10.9. The van der Waals surface area contributed by atoms with Crippen molar-refractivity contribution < 1.29 is 4.52 Å². The van der Waals surface area contributed by atoms with E-state index in [1.165, 1.54) is 0 Å². The fourth-order valence-electron chi connectivity index (χ4n) is 0.626. The first-order valence-electron chi connectivity index (χ1n) is 2.89. The Hall–Kier alpha value is -1.05. The second-order valence-electron chi connectivity index (χ2n) is 1.87. The summed E-state index contributed by atoms with van der Waals surface area (Å²) < 4.78 is 4.87. The van der Waals surface area contributed by atoms with Gasteiger partial charge in [0.2, 0.25) is 0 Å². The summed E-state index contributed by atoms with van der Waals surface area (Å²) in [7, 11) is 0. The summed E-state index contributed by atoms with van der Waals surface area (Å²) >= 11 is 0. The smallest absolute Gasteiger partial charge is 0.159 e. The van der Waals surface area contributed by atoms with Crippen LogP contribution in [0, 0.1) is 6.92 Å². The van der Waals surface area contributed by atoms with Crippen molar-refractivity contribution >= 4 is 6.08 Å². The van der Waals surface area contributed by atoms with Crippen molar-refractivity contribution in [3.8, 4) is 0 Å². The summed E-state index contributed by atoms with van der Waals surface area (Å²) in [6.07, 6.45) is 3.79. The molecular formula is C7H9NO. The lowest BCUT2D eigenvalue weighted by molar-refractivity contribution is 0.408. The number of hydrogen-bond acceptors (Lipinski definition) is 2. The third kappa shape index (κ3) is 1.42. The van der Waals surface area contributed by atoms with Crippen molar-refractivity contribution in [1.29, 1.82) is 0 Å². The molecule has 0 spiro atoms. The van der Waals surface area contributed by atoms with Crippen molar-refractivity contribution in [1.82, 2.24) is 5.16 Å². The van der Waals surface area contributed by atoms with Crippen LogP contribution in [0.3, 0.4) is 0 Å². The molecular weight excluding hydrogens is 114 g/mol. The Bertz CT molecular complexity index is 212. The lowest BCUT2D eigenvalue weighted by Crippen LogP contribution is -1.59. The van der Waals surface area contributed by atoms with Gasteiger partial charge in [-0.25, -0.2) is 0 Å². The maximum absolute atomic E-state index is 4.87. The molecule has 0 radical (unpaired) electrons. The predicted octanol–water partition coefficient (Wildman–Crippen LogP) is 2.02. The third-order valence-electron chi connectivity index (χ3n) is 0.977. The first-order chi connectivity index (χ1) is 4.33. The van der Waals surface area contributed by atoms with Gasteiger partial charge in [-0.15, -0.1) is 0 Å². The zero-order valence-electron chi connectivity index (χ0n) is 5.59. The topological polar surface area (TPSA) is 26.0 Å². The first-order valence-corrected chi connectivity index (χ1v) is 2.89. The van der Waals surface area contributed by atoms with E-state index in [4.69, 9.17) is 4.52 Å². The number of nitrogens with zero attached hydrogens (tertiary/aromatic N) is 1. The number of aromatic nitrogens is 1. The molecule has 0 aromatic carbocycles. The molecule has 2 heteroatoms. The van der Waals surface area contributed by atoms with Crippen LogP contribution in [0.2, 0.25) is 0 Å². The molecule has 1 aromatic heterocycles. The van der Waals surface area contributed by atoms with Gasteiger partial charge in [0.05, 0.1) is 5.69 Å². The molecule has 0 bridgehead atoms. The van der Waals surface area contributed by atoms with Crippen LogP contribution in [0.4, 0.5) is 0 Å². The summed E-state index contributed by atoms with van der Waals surface area (Å²) in [6, 6.07) is 1.89. The molecule has 1 aromatic rings. The molecule has 2 nitrogen and oxygen atoms in total. The van der Waals surface area contributed by atoms with Crippen molar-refractivity contribution in [3.63, 3.8) is 0 Å². The molecule has 0 amide bonds. The van der Waals surface area contributed by atoms with Crippen LogP contribution in [0.15, 0.2) is 16.7 Å². The molecule has 0 saturated carbocycles. The van der Waals surface area contributed by atoms with E-state index in [0.29, 0.717) is 0 Å². The van der Waals surface area contributed by atoms with E-state index in [1.54, 1.807) is 0 Å². The minimum absolute atomic E-state index is 0.815. The highest BCUT2D eigenvalue weighted by Gasteiger charge is 1.91. The van der Waals surface area contributed by atoms with E-state index in [1.807, 2.05) is 32.1 Å². The van der Waals surface area contributed by atoms with Gasteiger partial charge >= 0.3 is 0 Å². The zero-order chi connectivity index (χ0) is 6.69. The fourth-order valence-corrected chi connectivity index (χ4v) is 0.626. The Labute approximate surface area is 54.2 Å². The van der Waals surface area contributed by atoms with E-state index in [9.17, 15) is 0 Å². The SMILES string of the molecule is CC=Cc1cc(C)no1. The van der Waals surface area contributed by atoms with Gasteiger partial charge in [-0.1, -0.05) is 11.2 Å². The lowest BCUT2D eigenvalue weighted by atomic mass is 10.4. The van der Waals surface area contributed by atoms with Gasteiger partial charge in [-0.05, 0) is 19.9 Å². The highest BCUT2D eigenvalue weighted by molar-refractivity contribution is 5.41.